The minimum Gasteiger partial charge on any atom is -0.480 e. The highest BCUT2D eigenvalue weighted by Gasteiger charge is 2.37. The molecule has 1 aromatic carbocycles. The summed E-state index contributed by atoms with van der Waals surface area (Å²) < 4.78 is 18.3. The molecule has 1 fully saturated rings. The Morgan fingerprint density at radius 1 is 1.35 bits per heavy atom. The molecule has 0 spiro atoms. The molecule has 108 valence electrons. The summed E-state index contributed by atoms with van der Waals surface area (Å²) in [5.41, 5.74) is 0.813. The van der Waals surface area contributed by atoms with Gasteiger partial charge in [0.25, 0.3) is 0 Å². The van der Waals surface area contributed by atoms with Crippen LogP contribution in [0.3, 0.4) is 0 Å². The third kappa shape index (κ3) is 3.46. The van der Waals surface area contributed by atoms with Crippen LogP contribution < -0.4 is 0 Å². The lowest BCUT2D eigenvalue weighted by atomic mass is 10.0. The van der Waals surface area contributed by atoms with E-state index in [-0.39, 0.29) is 26.0 Å². The van der Waals surface area contributed by atoms with Gasteiger partial charge in [-0.25, -0.2) is 14.0 Å². The summed E-state index contributed by atoms with van der Waals surface area (Å²) in [5, 5.41) is 9.04. The van der Waals surface area contributed by atoms with E-state index in [9.17, 15) is 14.0 Å². The van der Waals surface area contributed by atoms with E-state index in [1.54, 1.807) is 12.1 Å². The molecule has 1 aliphatic rings. The van der Waals surface area contributed by atoms with Gasteiger partial charge in [0.05, 0.1) is 0 Å². The molecule has 0 saturated carbocycles. The van der Waals surface area contributed by atoms with Gasteiger partial charge in [-0.1, -0.05) is 30.3 Å². The highest BCUT2D eigenvalue weighted by molar-refractivity contribution is 5.80. The van der Waals surface area contributed by atoms with E-state index < -0.39 is 24.3 Å². The highest BCUT2D eigenvalue weighted by atomic mass is 19.1. The summed E-state index contributed by atoms with van der Waals surface area (Å²) >= 11 is 0. The summed E-state index contributed by atoms with van der Waals surface area (Å²) in [6, 6.07) is 7.93. The first-order valence-electron chi connectivity index (χ1n) is 6.42. The molecule has 1 aliphatic heterocycles. The van der Waals surface area contributed by atoms with Crippen molar-refractivity contribution >= 4 is 12.1 Å². The largest absolute Gasteiger partial charge is 0.480 e. The van der Waals surface area contributed by atoms with E-state index in [0.29, 0.717) is 0 Å². The van der Waals surface area contributed by atoms with Crippen molar-refractivity contribution in [2.24, 2.45) is 0 Å². The molecule has 2 rings (SSSR count). The van der Waals surface area contributed by atoms with Crippen LogP contribution in [0.2, 0.25) is 0 Å². The number of hydrogen-bond donors (Lipinski definition) is 1. The van der Waals surface area contributed by atoms with Crippen LogP contribution in [0.5, 0.6) is 0 Å². The van der Waals surface area contributed by atoms with Gasteiger partial charge in [0.2, 0.25) is 0 Å². The number of aliphatic carboxylic acids is 1. The summed E-state index contributed by atoms with van der Waals surface area (Å²) in [5.74, 6) is -1.20. The van der Waals surface area contributed by atoms with Crippen molar-refractivity contribution in [2.45, 2.75) is 31.7 Å². The van der Waals surface area contributed by atoms with Gasteiger partial charge < -0.3 is 9.84 Å². The van der Waals surface area contributed by atoms with Crippen LogP contribution >= 0.6 is 0 Å². The number of ether oxygens (including phenoxy) is 1. The normalized spacial score (nSPS) is 22.4. The topological polar surface area (TPSA) is 66.8 Å². The Bertz CT molecular complexity index is 479. The second-order valence-corrected chi connectivity index (χ2v) is 4.71. The third-order valence-corrected chi connectivity index (χ3v) is 3.26. The van der Waals surface area contributed by atoms with Crippen LogP contribution in [0, 0.1) is 0 Å². The molecule has 1 aromatic rings. The first kappa shape index (κ1) is 14.3. The second-order valence-electron chi connectivity index (χ2n) is 4.71. The van der Waals surface area contributed by atoms with E-state index in [2.05, 4.69) is 0 Å². The molecule has 1 saturated heterocycles. The van der Waals surface area contributed by atoms with E-state index in [4.69, 9.17) is 9.84 Å². The molecule has 0 bridgehead atoms. The Hall–Kier alpha value is -2.11. The smallest absolute Gasteiger partial charge is 0.410 e. The molecule has 5 nitrogen and oxygen atoms in total. The number of nitrogens with zero attached hydrogens (tertiary/aromatic N) is 1. The Kier molecular flexibility index (Phi) is 4.55. The number of piperidine rings is 1. The lowest BCUT2D eigenvalue weighted by molar-refractivity contribution is -0.144. The van der Waals surface area contributed by atoms with Crippen LogP contribution in [0.4, 0.5) is 9.18 Å². The molecule has 20 heavy (non-hydrogen) atoms. The van der Waals surface area contributed by atoms with E-state index >= 15 is 0 Å². The highest BCUT2D eigenvalue weighted by Crippen LogP contribution is 2.21. The lowest BCUT2D eigenvalue weighted by Crippen LogP contribution is -2.50. The minimum atomic E-state index is -1.20. The molecule has 0 unspecified atom stereocenters. The number of amides is 1. The SMILES string of the molecule is O=C(O)[C@H]1C[C@@H](F)CCN1C(=O)OCc1ccccc1. The Morgan fingerprint density at radius 2 is 2.05 bits per heavy atom. The molecule has 6 heteroatoms. The summed E-state index contributed by atoms with van der Waals surface area (Å²) in [6.45, 7) is 0.132. The molecular formula is C14H16FNO4. The van der Waals surface area contributed by atoms with Gasteiger partial charge in [-0.3, -0.25) is 4.90 Å². The van der Waals surface area contributed by atoms with Gasteiger partial charge in [-0.15, -0.1) is 0 Å². The maximum Gasteiger partial charge on any atom is 0.410 e. The standard InChI is InChI=1S/C14H16FNO4/c15-11-6-7-16(12(8-11)13(17)18)14(19)20-9-10-4-2-1-3-5-10/h1-5,11-12H,6-9H2,(H,17,18)/t11-,12+/m0/s1. The number of carbonyl (C=O) groups excluding carboxylic acids is 1. The van der Waals surface area contributed by atoms with Gasteiger partial charge in [-0.2, -0.15) is 0 Å². The average Bonchev–Trinajstić information content (AvgIpc) is 2.45. The Morgan fingerprint density at radius 3 is 2.70 bits per heavy atom. The van der Waals surface area contributed by atoms with Gasteiger partial charge in [0.15, 0.2) is 0 Å². The molecule has 2 atom stereocenters. The zero-order chi connectivity index (χ0) is 14.5. The number of carboxylic acids is 1. The van der Waals surface area contributed by atoms with Crippen molar-refractivity contribution in [2.75, 3.05) is 6.54 Å². The zero-order valence-electron chi connectivity index (χ0n) is 10.9. The minimum absolute atomic E-state index is 0.0613. The first-order valence-corrected chi connectivity index (χ1v) is 6.42. The fourth-order valence-corrected chi connectivity index (χ4v) is 2.18. The van der Waals surface area contributed by atoms with Gasteiger partial charge >= 0.3 is 12.1 Å². The van der Waals surface area contributed by atoms with Gasteiger partial charge in [-0.05, 0) is 12.0 Å². The monoisotopic (exact) mass is 281 g/mol. The predicted octanol–water partition coefficient (Wildman–Crippen LogP) is 2.21. The number of carboxylic acid groups (broad SMARTS) is 1. The second kappa shape index (κ2) is 6.36. The number of halogens is 1. The number of likely N-dealkylation sites (tertiary alicyclic amines) is 1. The third-order valence-electron chi connectivity index (χ3n) is 3.26. The fraction of sp³-hybridized carbons (Fsp3) is 0.429. The van der Waals surface area contributed by atoms with Crippen molar-refractivity contribution in [1.29, 1.82) is 0 Å². The van der Waals surface area contributed by atoms with Crippen LogP contribution in [-0.2, 0) is 16.1 Å². The molecule has 0 aliphatic carbocycles. The molecule has 1 amide bonds. The van der Waals surface area contributed by atoms with Gasteiger partial charge in [0, 0.05) is 13.0 Å². The summed E-state index contributed by atoms with van der Waals surface area (Å²) in [7, 11) is 0. The lowest BCUT2D eigenvalue weighted by Gasteiger charge is -2.33. The first-order chi connectivity index (χ1) is 9.58. The maximum absolute atomic E-state index is 13.2. The molecule has 1 N–H and O–H groups in total. The summed E-state index contributed by atoms with van der Waals surface area (Å²) in [6.07, 6.45) is -1.94. The van der Waals surface area contributed by atoms with Crippen LogP contribution in [0.25, 0.3) is 0 Å². The number of carbonyl (C=O) groups is 2. The Balaban J connectivity index is 1.95. The molecule has 0 aromatic heterocycles. The summed E-state index contributed by atoms with van der Waals surface area (Å²) in [4.78, 5) is 24.1. The van der Waals surface area contributed by atoms with E-state index in [1.165, 1.54) is 0 Å². The van der Waals surface area contributed by atoms with Crippen molar-refractivity contribution < 1.29 is 23.8 Å². The molecule has 1 heterocycles. The van der Waals surface area contributed by atoms with Crippen LogP contribution in [0.15, 0.2) is 30.3 Å². The van der Waals surface area contributed by atoms with Crippen LogP contribution in [-0.4, -0.2) is 40.8 Å². The van der Waals surface area contributed by atoms with Crippen molar-refractivity contribution in [3.8, 4) is 0 Å². The zero-order valence-corrected chi connectivity index (χ0v) is 10.9. The van der Waals surface area contributed by atoms with Gasteiger partial charge in [0.1, 0.15) is 18.8 Å². The number of rotatable bonds is 3. The molecular weight excluding hydrogens is 265 g/mol. The maximum atomic E-state index is 13.2. The number of benzene rings is 1. The van der Waals surface area contributed by atoms with Crippen LogP contribution in [0.1, 0.15) is 18.4 Å². The molecule has 0 radical (unpaired) electrons. The Labute approximate surface area is 116 Å². The van der Waals surface area contributed by atoms with E-state index in [1.807, 2.05) is 18.2 Å². The van der Waals surface area contributed by atoms with Crippen molar-refractivity contribution in [3.05, 3.63) is 35.9 Å². The van der Waals surface area contributed by atoms with Crippen molar-refractivity contribution in [3.63, 3.8) is 0 Å². The average molecular weight is 281 g/mol. The van der Waals surface area contributed by atoms with E-state index in [0.717, 1.165) is 10.5 Å². The predicted molar refractivity (Wildman–Crippen MR) is 68.9 cm³/mol. The fourth-order valence-electron chi connectivity index (χ4n) is 2.18. The quantitative estimate of drug-likeness (QED) is 0.922. The number of hydrogen-bond acceptors (Lipinski definition) is 3. The number of alkyl halides is 1. The van der Waals surface area contributed by atoms with Crippen molar-refractivity contribution in [1.82, 2.24) is 4.90 Å².